The molecule has 1 fully saturated rings. The zero-order valence-electron chi connectivity index (χ0n) is 16.5. The van der Waals surface area contributed by atoms with E-state index >= 15 is 0 Å². The summed E-state index contributed by atoms with van der Waals surface area (Å²) in [4.78, 5) is 21.9. The maximum atomic E-state index is 13.2. The molecule has 0 bridgehead atoms. The molecule has 3 N–H and O–H groups in total. The van der Waals surface area contributed by atoms with Crippen molar-refractivity contribution in [3.05, 3.63) is 33.4 Å². The number of rotatable bonds is 6. The molecule has 180 valence electrons. The fourth-order valence-electron chi connectivity index (χ4n) is 3.20. The van der Waals surface area contributed by atoms with Gasteiger partial charge in [-0.15, -0.1) is 0 Å². The first-order valence-corrected chi connectivity index (χ1v) is 11.7. The third kappa shape index (κ3) is 4.53. The summed E-state index contributed by atoms with van der Waals surface area (Å²) in [5.41, 5.74) is 2.96. The molecule has 1 aromatic heterocycles. The quantitative estimate of drug-likeness (QED) is 0.454. The Labute approximate surface area is 193 Å². The fraction of sp³-hybridized carbons (Fsp3) is 0.294. The lowest BCUT2D eigenvalue weighted by Gasteiger charge is -2.40. The minimum absolute atomic E-state index is 0.0488. The summed E-state index contributed by atoms with van der Waals surface area (Å²) >= 11 is 11.8. The zero-order valence-corrected chi connectivity index (χ0v) is 18.8. The molecule has 8 nitrogen and oxygen atoms in total. The van der Waals surface area contributed by atoms with Crippen molar-refractivity contribution in [3.8, 4) is 11.8 Å². The van der Waals surface area contributed by atoms with Crippen LogP contribution in [0.5, 0.6) is 0 Å². The van der Waals surface area contributed by atoms with Gasteiger partial charge in [0.15, 0.2) is 5.69 Å². The van der Waals surface area contributed by atoms with Crippen molar-refractivity contribution < 1.29 is 33.8 Å². The van der Waals surface area contributed by atoms with Crippen molar-refractivity contribution in [2.75, 3.05) is 11.9 Å². The van der Waals surface area contributed by atoms with E-state index < -0.39 is 54.0 Å². The molecular weight excluding hydrogens is 520 g/mol. The standard InChI is InChI=1S/C17H14Cl2F5N5O3S/c1-2-32-16(31)27-14-12(17(3-4-17)15(26)30)11(7-25)28-29(14)13-9(18)5-8(6-10(13)19)33(20,21,22,23)24/h5-6H,2-4H2,1H3,(H2,26,30)(H,27,31). The minimum Gasteiger partial charge on any atom is -0.450 e. The number of amides is 2. The summed E-state index contributed by atoms with van der Waals surface area (Å²) in [6.07, 6.45) is -0.698. The molecule has 0 atom stereocenters. The maximum absolute atomic E-state index is 13.2. The van der Waals surface area contributed by atoms with Crippen molar-refractivity contribution in [1.82, 2.24) is 9.78 Å². The first-order valence-electron chi connectivity index (χ1n) is 8.96. The van der Waals surface area contributed by atoms with E-state index in [0.29, 0.717) is 4.68 Å². The fourth-order valence-corrected chi connectivity index (χ4v) is 4.66. The summed E-state index contributed by atoms with van der Waals surface area (Å²) in [6, 6.07) is 1.61. The van der Waals surface area contributed by atoms with Gasteiger partial charge in [0.05, 0.1) is 22.1 Å². The molecule has 33 heavy (non-hydrogen) atoms. The van der Waals surface area contributed by atoms with Crippen LogP contribution in [0.2, 0.25) is 10.0 Å². The first kappa shape index (κ1) is 24.9. The molecule has 0 unspecified atom stereocenters. The van der Waals surface area contributed by atoms with Crippen LogP contribution in [-0.2, 0) is 14.9 Å². The highest BCUT2D eigenvalue weighted by molar-refractivity contribution is 8.45. The van der Waals surface area contributed by atoms with Crippen LogP contribution in [0.3, 0.4) is 0 Å². The molecule has 1 aliphatic carbocycles. The average molecular weight is 534 g/mol. The molecule has 2 aromatic rings. The third-order valence-electron chi connectivity index (χ3n) is 4.84. The molecule has 1 heterocycles. The minimum atomic E-state index is -10.1. The second-order valence-corrected chi connectivity index (χ2v) is 10.3. The van der Waals surface area contributed by atoms with Crippen LogP contribution in [-0.4, -0.2) is 28.4 Å². The van der Waals surface area contributed by atoms with Gasteiger partial charge in [-0.05, 0) is 31.9 Å². The SMILES string of the molecule is CCOC(=O)Nc1c(C2(C(N)=O)CC2)c(C#N)nn1-c1c(Cl)cc(S(F)(F)(F)(F)F)cc1Cl. The van der Waals surface area contributed by atoms with Gasteiger partial charge in [-0.1, -0.05) is 42.6 Å². The Hall–Kier alpha value is -2.76. The number of nitrogens with two attached hydrogens (primary N) is 1. The molecule has 0 saturated heterocycles. The van der Waals surface area contributed by atoms with Crippen LogP contribution in [0.1, 0.15) is 31.0 Å². The molecule has 1 aliphatic rings. The first-order chi connectivity index (χ1) is 14.9. The van der Waals surface area contributed by atoms with E-state index in [4.69, 9.17) is 33.7 Å². The average Bonchev–Trinajstić information content (AvgIpc) is 3.38. The number of benzene rings is 1. The van der Waals surface area contributed by atoms with Crippen molar-refractivity contribution in [2.24, 2.45) is 5.73 Å². The number of hydrogen-bond donors (Lipinski definition) is 2. The van der Waals surface area contributed by atoms with Crippen molar-refractivity contribution in [3.63, 3.8) is 0 Å². The van der Waals surface area contributed by atoms with Crippen LogP contribution in [0, 0.1) is 11.3 Å². The van der Waals surface area contributed by atoms with Gasteiger partial charge in [0, 0.05) is 5.56 Å². The second-order valence-electron chi connectivity index (χ2n) is 7.09. The summed E-state index contributed by atoms with van der Waals surface area (Å²) in [6.45, 7) is 1.40. The van der Waals surface area contributed by atoms with Crippen molar-refractivity contribution in [1.29, 1.82) is 5.26 Å². The van der Waals surface area contributed by atoms with E-state index in [1.165, 1.54) is 6.92 Å². The van der Waals surface area contributed by atoms with Gasteiger partial charge >= 0.3 is 16.3 Å². The number of nitrogens with zero attached hydrogens (tertiary/aromatic N) is 3. The maximum Gasteiger partial charge on any atom is 0.412 e. The van der Waals surface area contributed by atoms with Gasteiger partial charge in [0.2, 0.25) is 5.91 Å². The van der Waals surface area contributed by atoms with E-state index in [1.807, 2.05) is 0 Å². The van der Waals surface area contributed by atoms with Crippen molar-refractivity contribution in [2.45, 2.75) is 30.1 Å². The largest absolute Gasteiger partial charge is 0.450 e. The molecule has 0 radical (unpaired) electrons. The predicted octanol–water partition coefficient (Wildman–Crippen LogP) is 5.79. The van der Waals surface area contributed by atoms with Gasteiger partial charge in [-0.2, -0.15) is 10.4 Å². The Bertz CT molecular complexity index is 1220. The van der Waals surface area contributed by atoms with Crippen molar-refractivity contribution >= 4 is 51.2 Å². The number of nitriles is 1. The van der Waals surface area contributed by atoms with Gasteiger partial charge in [-0.25, -0.2) is 9.48 Å². The highest BCUT2D eigenvalue weighted by atomic mass is 35.5. The Morgan fingerprint density at radius 1 is 1.27 bits per heavy atom. The van der Waals surface area contributed by atoms with E-state index in [9.17, 15) is 34.3 Å². The second kappa shape index (κ2) is 7.12. The molecule has 0 spiro atoms. The number of nitrogens with one attached hydrogen (secondary N) is 1. The Morgan fingerprint density at radius 2 is 1.82 bits per heavy atom. The van der Waals surface area contributed by atoms with Gasteiger partial charge < -0.3 is 10.5 Å². The number of ether oxygens (including phenoxy) is 1. The van der Waals surface area contributed by atoms with E-state index in [-0.39, 0.29) is 43.0 Å². The number of primary amides is 1. The lowest BCUT2D eigenvalue weighted by Crippen LogP contribution is -2.30. The molecule has 1 aromatic carbocycles. The Balaban J connectivity index is 2.33. The number of aromatic nitrogens is 2. The zero-order chi connectivity index (χ0) is 25.0. The van der Waals surface area contributed by atoms with E-state index in [0.717, 1.165) is 0 Å². The van der Waals surface area contributed by atoms with Gasteiger partial charge in [0.25, 0.3) is 0 Å². The topological polar surface area (TPSA) is 123 Å². The number of halogens is 7. The van der Waals surface area contributed by atoms with Gasteiger partial charge in [-0.3, -0.25) is 10.1 Å². The van der Waals surface area contributed by atoms with Gasteiger partial charge in [0.1, 0.15) is 22.5 Å². The molecule has 0 aliphatic heterocycles. The lowest BCUT2D eigenvalue weighted by atomic mass is 9.94. The molecule has 3 rings (SSSR count). The Kier molecular flexibility index (Phi) is 5.36. The molecule has 2 amide bonds. The highest BCUT2D eigenvalue weighted by Gasteiger charge is 2.65. The van der Waals surface area contributed by atoms with Crippen LogP contribution < -0.4 is 11.1 Å². The predicted molar refractivity (Wildman–Crippen MR) is 110 cm³/mol. The summed E-state index contributed by atoms with van der Waals surface area (Å²) < 4.78 is 71.7. The van der Waals surface area contributed by atoms with Crippen LogP contribution >= 0.6 is 33.4 Å². The Morgan fingerprint density at radius 3 is 2.21 bits per heavy atom. The molecule has 16 heteroatoms. The highest BCUT2D eigenvalue weighted by Crippen LogP contribution is 3.02. The normalized spacial score (nSPS) is 16.8. The summed E-state index contributed by atoms with van der Waals surface area (Å²) in [7, 11) is -10.1. The third-order valence-corrected chi connectivity index (χ3v) is 6.54. The number of anilines is 1. The van der Waals surface area contributed by atoms with E-state index in [2.05, 4.69) is 10.4 Å². The van der Waals surface area contributed by atoms with E-state index in [1.54, 1.807) is 6.07 Å². The smallest absolute Gasteiger partial charge is 0.412 e. The number of carbonyl (C=O) groups is 2. The monoisotopic (exact) mass is 533 g/mol. The molecule has 1 saturated carbocycles. The summed E-state index contributed by atoms with van der Waals surface area (Å²) in [5, 5.41) is 13.9. The summed E-state index contributed by atoms with van der Waals surface area (Å²) in [5.74, 6) is -1.23. The van der Waals surface area contributed by atoms with Crippen LogP contribution in [0.4, 0.5) is 30.0 Å². The molecular formula is C17H14Cl2F5N5O3S. The van der Waals surface area contributed by atoms with Crippen LogP contribution in [0.25, 0.3) is 5.69 Å². The van der Waals surface area contributed by atoms with Crippen LogP contribution in [0.15, 0.2) is 17.0 Å². The number of carbonyl (C=O) groups excluding carboxylic acids is 2. The lowest BCUT2D eigenvalue weighted by molar-refractivity contribution is -0.120. The number of hydrogen-bond acceptors (Lipinski definition) is 5.